The summed E-state index contributed by atoms with van der Waals surface area (Å²) in [5.41, 5.74) is 5.32. The summed E-state index contributed by atoms with van der Waals surface area (Å²) in [6.07, 6.45) is 8.35. The Morgan fingerprint density at radius 1 is 0.629 bits per heavy atom. The first-order valence-electron chi connectivity index (χ1n) is 12.9. The molecule has 0 fully saturated rings. The van der Waals surface area contributed by atoms with Crippen LogP contribution in [0.4, 0.5) is 0 Å². The minimum absolute atomic E-state index is 0.202. The zero-order chi connectivity index (χ0) is 25.5. The Balaban J connectivity index is 2.04. The predicted octanol–water partition coefficient (Wildman–Crippen LogP) is 8.07. The maximum absolute atomic E-state index is 11.0. The molecule has 2 atom stereocenters. The Bertz CT molecular complexity index is 803. The molecule has 0 saturated carbocycles. The predicted molar refractivity (Wildman–Crippen MR) is 146 cm³/mol. The van der Waals surface area contributed by atoms with Crippen LogP contribution in [0.15, 0.2) is 48.5 Å². The van der Waals surface area contributed by atoms with Crippen molar-refractivity contribution >= 4 is 23.7 Å². The molecule has 0 aliphatic carbocycles. The van der Waals surface area contributed by atoms with Crippen molar-refractivity contribution in [2.45, 2.75) is 89.6 Å². The van der Waals surface area contributed by atoms with E-state index in [1.54, 1.807) is 0 Å². The van der Waals surface area contributed by atoms with Crippen molar-refractivity contribution in [3.05, 3.63) is 70.8 Å². The standard InChI is InChI=1S/C30H42O4S/c1-23-13-17-27(18-14-23)29(11-7-5-9-21-33-25(3)31)35-30(28-19-15-24(2)16-20-28)12-8-6-10-22-34-26(4)32/h13-20,29-30H,5-12,21-22H2,1-4H3. The van der Waals surface area contributed by atoms with Crippen LogP contribution in [-0.2, 0) is 19.1 Å². The maximum atomic E-state index is 11.0. The average molecular weight is 499 g/mol. The second kappa shape index (κ2) is 16.4. The van der Waals surface area contributed by atoms with Crippen LogP contribution in [-0.4, -0.2) is 25.2 Å². The fraction of sp³-hybridized carbons (Fsp3) is 0.533. The molecule has 0 heterocycles. The molecule has 2 aromatic carbocycles. The van der Waals surface area contributed by atoms with Gasteiger partial charge in [0, 0.05) is 24.3 Å². The van der Waals surface area contributed by atoms with E-state index in [4.69, 9.17) is 9.47 Å². The molecule has 2 unspecified atom stereocenters. The topological polar surface area (TPSA) is 52.6 Å². The van der Waals surface area contributed by atoms with E-state index in [-0.39, 0.29) is 11.9 Å². The number of hydrogen-bond acceptors (Lipinski definition) is 5. The van der Waals surface area contributed by atoms with Gasteiger partial charge in [-0.05, 0) is 50.7 Å². The highest BCUT2D eigenvalue weighted by Gasteiger charge is 2.20. The van der Waals surface area contributed by atoms with Gasteiger partial charge in [-0.25, -0.2) is 0 Å². The summed E-state index contributed by atoms with van der Waals surface area (Å²) in [6, 6.07) is 17.9. The van der Waals surface area contributed by atoms with Gasteiger partial charge < -0.3 is 9.47 Å². The lowest BCUT2D eigenvalue weighted by Gasteiger charge is -2.25. The van der Waals surface area contributed by atoms with Crippen LogP contribution in [0.25, 0.3) is 0 Å². The third-order valence-corrected chi connectivity index (χ3v) is 7.73. The van der Waals surface area contributed by atoms with Gasteiger partial charge in [-0.3, -0.25) is 9.59 Å². The minimum Gasteiger partial charge on any atom is -0.466 e. The van der Waals surface area contributed by atoms with Crippen molar-refractivity contribution in [1.29, 1.82) is 0 Å². The van der Waals surface area contributed by atoms with Gasteiger partial charge in [0.05, 0.1) is 13.2 Å². The molecule has 0 saturated heterocycles. The number of benzene rings is 2. The van der Waals surface area contributed by atoms with Gasteiger partial charge in [0.2, 0.25) is 0 Å². The van der Waals surface area contributed by atoms with E-state index in [9.17, 15) is 9.59 Å². The van der Waals surface area contributed by atoms with Crippen molar-refractivity contribution in [3.63, 3.8) is 0 Å². The van der Waals surface area contributed by atoms with E-state index < -0.39 is 0 Å². The van der Waals surface area contributed by atoms with Crippen molar-refractivity contribution in [3.8, 4) is 0 Å². The molecule has 0 spiro atoms. The number of esters is 2. The summed E-state index contributed by atoms with van der Waals surface area (Å²) in [4.78, 5) is 22.0. The molecule has 4 nitrogen and oxygen atoms in total. The summed E-state index contributed by atoms with van der Waals surface area (Å²) >= 11 is 2.07. The van der Waals surface area contributed by atoms with E-state index in [0.717, 1.165) is 51.4 Å². The van der Waals surface area contributed by atoms with E-state index in [0.29, 0.717) is 23.7 Å². The summed E-state index contributed by atoms with van der Waals surface area (Å²) in [5.74, 6) is -0.404. The van der Waals surface area contributed by atoms with Crippen molar-refractivity contribution in [2.24, 2.45) is 0 Å². The first kappa shape index (κ1) is 29.0. The Kier molecular flexibility index (Phi) is 13.6. The number of carbonyl (C=O) groups is 2. The Hall–Kier alpha value is -2.27. The van der Waals surface area contributed by atoms with Crippen molar-refractivity contribution in [2.75, 3.05) is 13.2 Å². The molecular formula is C30H42O4S. The van der Waals surface area contributed by atoms with E-state index in [2.05, 4.69) is 74.1 Å². The third-order valence-electron chi connectivity index (χ3n) is 6.06. The maximum Gasteiger partial charge on any atom is 0.302 e. The molecule has 5 heteroatoms. The number of rotatable bonds is 16. The normalized spacial score (nSPS) is 12.7. The largest absolute Gasteiger partial charge is 0.466 e. The van der Waals surface area contributed by atoms with E-state index in [1.165, 1.54) is 36.1 Å². The van der Waals surface area contributed by atoms with Crippen molar-refractivity contribution < 1.29 is 19.1 Å². The Labute approximate surface area is 216 Å². The van der Waals surface area contributed by atoms with Gasteiger partial charge in [0.25, 0.3) is 0 Å². The summed E-state index contributed by atoms with van der Waals surface area (Å²) < 4.78 is 10.2. The van der Waals surface area contributed by atoms with Crippen LogP contribution in [0.2, 0.25) is 0 Å². The molecule has 0 bridgehead atoms. The first-order valence-corrected chi connectivity index (χ1v) is 13.8. The van der Waals surface area contributed by atoms with Gasteiger partial charge in [-0.15, -0.1) is 11.8 Å². The van der Waals surface area contributed by atoms with Gasteiger partial charge in [0.1, 0.15) is 0 Å². The lowest BCUT2D eigenvalue weighted by Crippen LogP contribution is -2.04. The molecule has 2 aromatic rings. The molecular weight excluding hydrogens is 456 g/mol. The van der Waals surface area contributed by atoms with E-state index >= 15 is 0 Å². The number of carbonyl (C=O) groups excluding carboxylic acids is 2. The number of aryl methyl sites for hydroxylation is 2. The fourth-order valence-corrected chi connectivity index (χ4v) is 5.67. The smallest absolute Gasteiger partial charge is 0.302 e. The lowest BCUT2D eigenvalue weighted by molar-refractivity contribution is -0.142. The first-order chi connectivity index (χ1) is 16.8. The van der Waals surface area contributed by atoms with Crippen LogP contribution in [0, 0.1) is 13.8 Å². The molecule has 0 amide bonds. The summed E-state index contributed by atoms with van der Waals surface area (Å²) in [5, 5.41) is 0.827. The zero-order valence-corrected chi connectivity index (χ0v) is 22.7. The quantitative estimate of drug-likeness (QED) is 0.173. The molecule has 2 rings (SSSR count). The monoisotopic (exact) mass is 498 g/mol. The third kappa shape index (κ3) is 12.3. The number of thioether (sulfide) groups is 1. The highest BCUT2D eigenvalue weighted by Crippen LogP contribution is 2.46. The number of unbranched alkanes of at least 4 members (excludes halogenated alkanes) is 4. The van der Waals surface area contributed by atoms with Gasteiger partial charge in [-0.2, -0.15) is 0 Å². The molecule has 0 aliphatic rings. The van der Waals surface area contributed by atoms with Crippen LogP contribution >= 0.6 is 11.8 Å². The SMILES string of the molecule is CC(=O)OCCCCCC(SC(CCCCCOC(C)=O)c1ccc(C)cc1)c1ccc(C)cc1. The summed E-state index contributed by atoms with van der Waals surface area (Å²) in [7, 11) is 0. The van der Waals surface area contributed by atoms with Crippen LogP contribution < -0.4 is 0 Å². The fourth-order valence-electron chi connectivity index (χ4n) is 4.04. The minimum atomic E-state index is -0.202. The van der Waals surface area contributed by atoms with Gasteiger partial charge >= 0.3 is 11.9 Å². The second-order valence-electron chi connectivity index (χ2n) is 9.31. The Morgan fingerprint density at radius 2 is 1.00 bits per heavy atom. The van der Waals surface area contributed by atoms with E-state index in [1.807, 2.05) is 0 Å². The zero-order valence-electron chi connectivity index (χ0n) is 21.9. The Morgan fingerprint density at radius 3 is 1.34 bits per heavy atom. The lowest BCUT2D eigenvalue weighted by atomic mass is 10.0. The van der Waals surface area contributed by atoms with Gasteiger partial charge in [-0.1, -0.05) is 85.3 Å². The molecule has 0 aliphatic heterocycles. The highest BCUT2D eigenvalue weighted by molar-refractivity contribution is 7.99. The molecule has 0 aromatic heterocycles. The van der Waals surface area contributed by atoms with Crippen LogP contribution in [0.5, 0.6) is 0 Å². The second-order valence-corrected chi connectivity index (χ2v) is 10.7. The number of hydrogen-bond donors (Lipinski definition) is 0. The van der Waals surface area contributed by atoms with Crippen LogP contribution in [0.1, 0.15) is 98.0 Å². The molecule has 0 radical (unpaired) electrons. The molecule has 192 valence electrons. The average Bonchev–Trinajstić information content (AvgIpc) is 2.82. The summed E-state index contributed by atoms with van der Waals surface area (Å²) in [6.45, 7) is 8.21. The van der Waals surface area contributed by atoms with Crippen molar-refractivity contribution in [1.82, 2.24) is 0 Å². The van der Waals surface area contributed by atoms with Gasteiger partial charge in [0.15, 0.2) is 0 Å². The molecule has 0 N–H and O–H groups in total. The highest BCUT2D eigenvalue weighted by atomic mass is 32.2. The molecule has 35 heavy (non-hydrogen) atoms. The van der Waals surface area contributed by atoms with Crippen LogP contribution in [0.3, 0.4) is 0 Å². The number of ether oxygens (including phenoxy) is 2.